The van der Waals surface area contributed by atoms with Crippen LogP contribution in [0, 0.1) is 12.3 Å². The van der Waals surface area contributed by atoms with Gasteiger partial charge in [0.2, 0.25) is 5.91 Å². The highest BCUT2D eigenvalue weighted by Gasteiger charge is 2.32. The highest BCUT2D eigenvalue weighted by atomic mass is 16.2. The predicted octanol–water partition coefficient (Wildman–Crippen LogP) is 1.41. The highest BCUT2D eigenvalue weighted by Crippen LogP contribution is 2.21. The minimum absolute atomic E-state index is 0.317. The molecule has 19 heavy (non-hydrogen) atoms. The Bertz CT molecular complexity index is 480. The Labute approximate surface area is 112 Å². The molecule has 0 saturated carbocycles. The second-order valence-corrected chi connectivity index (χ2v) is 5.49. The van der Waals surface area contributed by atoms with Crippen LogP contribution in [0.1, 0.15) is 26.3 Å². The molecular weight excluding hydrogens is 244 g/mol. The standard InChI is InChI=1S/C13H20N4O2/c1-8-5-6-15-7-9(8)16-11(18)10(13(2,3)4)17-12(14)19/h5-7,10H,1-4H3,(H,16,18)(H3,14,17,19). The van der Waals surface area contributed by atoms with Crippen molar-refractivity contribution in [2.75, 3.05) is 5.32 Å². The summed E-state index contributed by atoms with van der Waals surface area (Å²) < 4.78 is 0. The van der Waals surface area contributed by atoms with Crippen molar-refractivity contribution in [2.24, 2.45) is 11.1 Å². The monoisotopic (exact) mass is 264 g/mol. The number of urea groups is 1. The molecular formula is C13H20N4O2. The lowest BCUT2D eigenvalue weighted by Gasteiger charge is -2.29. The number of amides is 3. The predicted molar refractivity (Wildman–Crippen MR) is 73.6 cm³/mol. The van der Waals surface area contributed by atoms with Gasteiger partial charge in [-0.3, -0.25) is 9.78 Å². The molecule has 3 amide bonds. The Hall–Kier alpha value is -2.11. The SMILES string of the molecule is Cc1ccncc1NC(=O)C(NC(N)=O)C(C)(C)C. The molecule has 0 aliphatic carbocycles. The molecule has 4 N–H and O–H groups in total. The number of hydrogen-bond acceptors (Lipinski definition) is 3. The molecule has 0 spiro atoms. The van der Waals surface area contributed by atoms with Crippen molar-refractivity contribution < 1.29 is 9.59 Å². The van der Waals surface area contributed by atoms with Gasteiger partial charge in [-0.2, -0.15) is 0 Å². The van der Waals surface area contributed by atoms with Crippen LogP contribution in [0.2, 0.25) is 0 Å². The number of pyridine rings is 1. The smallest absolute Gasteiger partial charge is 0.312 e. The second-order valence-electron chi connectivity index (χ2n) is 5.49. The quantitative estimate of drug-likeness (QED) is 0.770. The van der Waals surface area contributed by atoms with Crippen molar-refractivity contribution in [1.82, 2.24) is 10.3 Å². The first-order valence-corrected chi connectivity index (χ1v) is 5.99. The normalized spacial score (nSPS) is 12.6. The van der Waals surface area contributed by atoms with Gasteiger partial charge in [-0.25, -0.2) is 4.79 Å². The second kappa shape index (κ2) is 5.69. The molecule has 1 aromatic heterocycles. The third-order valence-corrected chi connectivity index (χ3v) is 2.71. The summed E-state index contributed by atoms with van der Waals surface area (Å²) in [6.45, 7) is 7.42. The summed E-state index contributed by atoms with van der Waals surface area (Å²) in [5.74, 6) is -0.317. The summed E-state index contributed by atoms with van der Waals surface area (Å²) in [5.41, 5.74) is 6.18. The van der Waals surface area contributed by atoms with E-state index in [0.29, 0.717) is 5.69 Å². The summed E-state index contributed by atoms with van der Waals surface area (Å²) in [7, 11) is 0. The van der Waals surface area contributed by atoms with Crippen LogP contribution in [-0.2, 0) is 4.79 Å². The maximum atomic E-state index is 12.2. The van der Waals surface area contributed by atoms with E-state index in [0.717, 1.165) is 5.56 Å². The molecule has 1 aromatic rings. The molecule has 0 aliphatic heterocycles. The van der Waals surface area contributed by atoms with E-state index in [2.05, 4.69) is 15.6 Å². The number of nitrogens with zero attached hydrogens (tertiary/aromatic N) is 1. The van der Waals surface area contributed by atoms with Crippen molar-refractivity contribution in [3.8, 4) is 0 Å². The molecule has 104 valence electrons. The van der Waals surface area contributed by atoms with E-state index < -0.39 is 17.5 Å². The Morgan fingerprint density at radius 1 is 1.37 bits per heavy atom. The van der Waals surface area contributed by atoms with Gasteiger partial charge < -0.3 is 16.4 Å². The Morgan fingerprint density at radius 3 is 2.47 bits per heavy atom. The molecule has 1 rings (SSSR count). The van der Waals surface area contributed by atoms with Gasteiger partial charge in [-0.1, -0.05) is 20.8 Å². The zero-order chi connectivity index (χ0) is 14.6. The van der Waals surface area contributed by atoms with E-state index in [1.165, 1.54) is 0 Å². The van der Waals surface area contributed by atoms with E-state index in [1.54, 1.807) is 18.5 Å². The fourth-order valence-electron chi connectivity index (χ4n) is 1.62. The van der Waals surface area contributed by atoms with Gasteiger partial charge in [-0.05, 0) is 24.0 Å². The number of carbonyl (C=O) groups excluding carboxylic acids is 2. The molecule has 1 atom stereocenters. The maximum Gasteiger partial charge on any atom is 0.312 e. The molecule has 6 nitrogen and oxygen atoms in total. The van der Waals surface area contributed by atoms with Crippen LogP contribution in [0.15, 0.2) is 18.5 Å². The van der Waals surface area contributed by atoms with Gasteiger partial charge in [0.05, 0.1) is 11.9 Å². The zero-order valence-corrected chi connectivity index (χ0v) is 11.7. The number of rotatable bonds is 3. The van der Waals surface area contributed by atoms with Crippen LogP contribution >= 0.6 is 0 Å². The van der Waals surface area contributed by atoms with Crippen LogP contribution in [0.5, 0.6) is 0 Å². The van der Waals surface area contributed by atoms with E-state index in [-0.39, 0.29) is 5.91 Å². The largest absolute Gasteiger partial charge is 0.352 e. The average molecular weight is 264 g/mol. The van der Waals surface area contributed by atoms with Gasteiger partial charge in [-0.15, -0.1) is 0 Å². The van der Waals surface area contributed by atoms with Crippen LogP contribution < -0.4 is 16.4 Å². The summed E-state index contributed by atoms with van der Waals surface area (Å²) in [6, 6.07) is 0.353. The van der Waals surface area contributed by atoms with E-state index in [9.17, 15) is 9.59 Å². The number of aromatic nitrogens is 1. The van der Waals surface area contributed by atoms with Crippen LogP contribution in [0.25, 0.3) is 0 Å². The number of primary amides is 1. The number of aryl methyl sites for hydroxylation is 1. The first-order valence-electron chi connectivity index (χ1n) is 5.99. The van der Waals surface area contributed by atoms with Crippen molar-refractivity contribution in [2.45, 2.75) is 33.7 Å². The molecule has 1 heterocycles. The van der Waals surface area contributed by atoms with E-state index >= 15 is 0 Å². The number of carbonyl (C=O) groups is 2. The summed E-state index contributed by atoms with van der Waals surface area (Å²) in [5, 5.41) is 5.22. The Kier molecular flexibility index (Phi) is 4.47. The van der Waals surface area contributed by atoms with Crippen LogP contribution in [0.4, 0.5) is 10.5 Å². The third kappa shape index (κ3) is 4.24. The molecule has 0 aromatic carbocycles. The van der Waals surface area contributed by atoms with Crippen molar-refractivity contribution >= 4 is 17.6 Å². The molecule has 0 aliphatic rings. The van der Waals surface area contributed by atoms with Gasteiger partial charge in [0.15, 0.2) is 0 Å². The molecule has 6 heteroatoms. The molecule has 0 radical (unpaired) electrons. The fraction of sp³-hybridized carbons (Fsp3) is 0.462. The third-order valence-electron chi connectivity index (χ3n) is 2.71. The van der Waals surface area contributed by atoms with Crippen LogP contribution in [-0.4, -0.2) is 23.0 Å². The maximum absolute atomic E-state index is 12.2. The molecule has 0 fully saturated rings. The molecule has 0 saturated heterocycles. The number of anilines is 1. The van der Waals surface area contributed by atoms with Gasteiger partial charge in [0.25, 0.3) is 0 Å². The Balaban J connectivity index is 2.89. The topological polar surface area (TPSA) is 97.1 Å². The zero-order valence-electron chi connectivity index (χ0n) is 11.7. The first-order chi connectivity index (χ1) is 8.71. The van der Waals surface area contributed by atoms with Crippen molar-refractivity contribution in [3.05, 3.63) is 24.0 Å². The van der Waals surface area contributed by atoms with Crippen LogP contribution in [0.3, 0.4) is 0 Å². The van der Waals surface area contributed by atoms with Gasteiger partial charge >= 0.3 is 6.03 Å². The fourth-order valence-corrected chi connectivity index (χ4v) is 1.62. The van der Waals surface area contributed by atoms with Gasteiger partial charge in [0, 0.05) is 6.20 Å². The van der Waals surface area contributed by atoms with E-state index in [4.69, 9.17) is 5.73 Å². The number of nitrogens with one attached hydrogen (secondary N) is 2. The summed E-state index contributed by atoms with van der Waals surface area (Å²) in [4.78, 5) is 27.2. The highest BCUT2D eigenvalue weighted by molar-refractivity contribution is 5.97. The van der Waals surface area contributed by atoms with Crippen molar-refractivity contribution in [3.63, 3.8) is 0 Å². The van der Waals surface area contributed by atoms with Crippen molar-refractivity contribution in [1.29, 1.82) is 0 Å². The minimum atomic E-state index is -0.724. The first kappa shape index (κ1) is 14.9. The number of hydrogen-bond donors (Lipinski definition) is 3. The lowest BCUT2D eigenvalue weighted by atomic mass is 9.86. The summed E-state index contributed by atoms with van der Waals surface area (Å²) >= 11 is 0. The van der Waals surface area contributed by atoms with E-state index in [1.807, 2.05) is 27.7 Å². The minimum Gasteiger partial charge on any atom is -0.352 e. The lowest BCUT2D eigenvalue weighted by Crippen LogP contribution is -2.53. The average Bonchev–Trinajstić information content (AvgIpc) is 2.27. The van der Waals surface area contributed by atoms with Gasteiger partial charge in [0.1, 0.15) is 6.04 Å². The molecule has 1 unspecified atom stereocenters. The number of nitrogens with two attached hydrogens (primary N) is 1. The summed E-state index contributed by atoms with van der Waals surface area (Å²) in [6.07, 6.45) is 3.21. The Morgan fingerprint density at radius 2 is 2.00 bits per heavy atom. The molecule has 0 bridgehead atoms. The lowest BCUT2D eigenvalue weighted by molar-refractivity contribution is -0.120.